The lowest BCUT2D eigenvalue weighted by atomic mass is 10.4. The Morgan fingerprint density at radius 1 is 1.54 bits per heavy atom. The van der Waals surface area contributed by atoms with Gasteiger partial charge in [-0.3, -0.25) is 4.57 Å². The lowest BCUT2D eigenvalue weighted by Gasteiger charge is -1.99. The second-order valence-electron chi connectivity index (χ2n) is 2.46. The highest BCUT2D eigenvalue weighted by molar-refractivity contribution is 5.38. The predicted octanol–water partition coefficient (Wildman–Crippen LogP) is 1.16. The number of nitrogens with zero attached hydrogens (tertiary/aromatic N) is 3. The van der Waals surface area contributed by atoms with Crippen LogP contribution in [-0.4, -0.2) is 14.5 Å². The van der Waals surface area contributed by atoms with Gasteiger partial charge in [0.05, 0.1) is 18.9 Å². The Morgan fingerprint density at radius 2 is 2.46 bits per heavy atom. The van der Waals surface area contributed by atoms with Gasteiger partial charge in [0, 0.05) is 10.3 Å². The highest BCUT2D eigenvalue weighted by Gasteiger charge is 1.97. The summed E-state index contributed by atoms with van der Waals surface area (Å²) in [6.07, 6.45) is 0.657. The Balaban J connectivity index is 2.59. The quantitative estimate of drug-likeness (QED) is 0.714. The summed E-state index contributed by atoms with van der Waals surface area (Å²) in [6, 6.07) is 3.05. The molecule has 2 aromatic heterocycles. The first-order valence-electron chi connectivity index (χ1n) is 6.09. The molecular formula is C9H10N4. The standard InChI is InChI=1S/C9H10N4/c1-7-5-13(6-12-7)9-3-2-8(10)4-11-9/h2-6H,10H2,1H3/i1D3,5D,6D. The van der Waals surface area contributed by atoms with E-state index in [1.54, 1.807) is 6.07 Å². The van der Waals surface area contributed by atoms with Crippen LogP contribution in [0.15, 0.2) is 30.8 Å². The molecule has 0 spiro atoms. The zero-order valence-electron chi connectivity index (χ0n) is 11.7. The molecule has 4 heteroatoms. The van der Waals surface area contributed by atoms with Crippen LogP contribution in [0.5, 0.6) is 0 Å². The summed E-state index contributed by atoms with van der Waals surface area (Å²) in [4.78, 5) is 7.53. The SMILES string of the molecule is [2H]c1nc(C([2H])([2H])[2H])c([2H])n1-c1ccc(N)cn1. The molecule has 0 saturated carbocycles. The number of aromatic nitrogens is 3. The minimum atomic E-state index is -2.52. The monoisotopic (exact) mass is 179 g/mol. The molecule has 0 amide bonds. The van der Waals surface area contributed by atoms with Gasteiger partial charge in [-0.15, -0.1) is 0 Å². The van der Waals surface area contributed by atoms with Crippen LogP contribution < -0.4 is 5.73 Å². The molecule has 0 saturated heterocycles. The van der Waals surface area contributed by atoms with E-state index >= 15 is 0 Å². The molecule has 13 heavy (non-hydrogen) atoms. The predicted molar refractivity (Wildman–Crippen MR) is 50.5 cm³/mol. The normalized spacial score (nSPS) is 16.8. The van der Waals surface area contributed by atoms with Crippen molar-refractivity contribution in [3.8, 4) is 5.82 Å². The average Bonchev–Trinajstić information content (AvgIpc) is 2.56. The minimum absolute atomic E-state index is 0.238. The molecule has 2 N–H and O–H groups in total. The summed E-state index contributed by atoms with van der Waals surface area (Å²) in [6.45, 7) is -2.52. The topological polar surface area (TPSA) is 56.7 Å². The summed E-state index contributed by atoms with van der Waals surface area (Å²) in [5.41, 5.74) is 5.51. The summed E-state index contributed by atoms with van der Waals surface area (Å²) in [7, 11) is 0. The summed E-state index contributed by atoms with van der Waals surface area (Å²) in [5.74, 6) is 0.238. The van der Waals surface area contributed by atoms with Crippen LogP contribution in [-0.2, 0) is 0 Å². The average molecular weight is 179 g/mol. The van der Waals surface area contributed by atoms with E-state index in [2.05, 4.69) is 9.97 Å². The molecule has 0 bridgehead atoms. The highest BCUT2D eigenvalue weighted by atomic mass is 15.1. The van der Waals surface area contributed by atoms with Crippen LogP contribution in [0.3, 0.4) is 0 Å². The molecule has 2 heterocycles. The van der Waals surface area contributed by atoms with Crippen molar-refractivity contribution in [1.29, 1.82) is 0 Å². The maximum Gasteiger partial charge on any atom is 0.137 e. The van der Waals surface area contributed by atoms with Crippen LogP contribution >= 0.6 is 0 Å². The van der Waals surface area contributed by atoms with Crippen molar-refractivity contribution < 1.29 is 6.85 Å². The van der Waals surface area contributed by atoms with E-state index in [1.807, 2.05) is 0 Å². The summed E-state index contributed by atoms with van der Waals surface area (Å²) in [5, 5.41) is 0. The Morgan fingerprint density at radius 3 is 3.08 bits per heavy atom. The molecule has 0 aromatic carbocycles. The zero-order chi connectivity index (χ0) is 13.5. The van der Waals surface area contributed by atoms with Gasteiger partial charge in [0.25, 0.3) is 0 Å². The maximum absolute atomic E-state index is 7.76. The number of hydrogen-bond acceptors (Lipinski definition) is 3. The Kier molecular flexibility index (Phi) is 0.871. The molecule has 0 radical (unpaired) electrons. The van der Waals surface area contributed by atoms with Crippen molar-refractivity contribution >= 4 is 5.69 Å². The molecular weight excluding hydrogens is 164 g/mol. The van der Waals surface area contributed by atoms with Crippen molar-refractivity contribution in [2.75, 3.05) is 5.73 Å². The molecule has 66 valence electrons. The van der Waals surface area contributed by atoms with E-state index in [4.69, 9.17) is 12.6 Å². The molecule has 0 atom stereocenters. The van der Waals surface area contributed by atoms with Crippen molar-refractivity contribution in [2.45, 2.75) is 6.85 Å². The number of pyridine rings is 1. The van der Waals surface area contributed by atoms with Gasteiger partial charge in [-0.1, -0.05) is 0 Å². The van der Waals surface area contributed by atoms with Gasteiger partial charge in [-0.05, 0) is 19.0 Å². The number of hydrogen-bond donors (Lipinski definition) is 1. The van der Waals surface area contributed by atoms with Crippen LogP contribution in [0.25, 0.3) is 5.82 Å². The number of nitrogen functional groups attached to an aromatic ring is 1. The lowest BCUT2D eigenvalue weighted by Crippen LogP contribution is -1.94. The number of aryl methyl sites for hydroxylation is 1. The van der Waals surface area contributed by atoms with E-state index in [-0.39, 0.29) is 18.3 Å². The third-order valence-corrected chi connectivity index (χ3v) is 1.48. The largest absolute Gasteiger partial charge is 0.397 e. The number of anilines is 1. The van der Waals surface area contributed by atoms with Crippen molar-refractivity contribution in [1.82, 2.24) is 14.5 Å². The molecule has 0 aliphatic heterocycles. The summed E-state index contributed by atoms with van der Waals surface area (Å²) < 4.78 is 38.1. The zero-order valence-corrected chi connectivity index (χ0v) is 6.65. The number of nitrogens with two attached hydrogens (primary N) is 1. The number of imidazole rings is 1. The smallest absolute Gasteiger partial charge is 0.137 e. The lowest BCUT2D eigenvalue weighted by molar-refractivity contribution is 0.994. The van der Waals surface area contributed by atoms with Gasteiger partial charge in [0.15, 0.2) is 0 Å². The van der Waals surface area contributed by atoms with Crippen LogP contribution in [0.4, 0.5) is 5.69 Å². The Hall–Kier alpha value is -1.84. The minimum Gasteiger partial charge on any atom is -0.397 e. The molecule has 4 nitrogen and oxygen atoms in total. The van der Waals surface area contributed by atoms with E-state index in [0.717, 1.165) is 4.57 Å². The van der Waals surface area contributed by atoms with Gasteiger partial charge in [-0.2, -0.15) is 0 Å². The van der Waals surface area contributed by atoms with Crippen molar-refractivity contribution in [3.63, 3.8) is 0 Å². The number of rotatable bonds is 1. The van der Waals surface area contributed by atoms with Gasteiger partial charge in [0.2, 0.25) is 0 Å². The third-order valence-electron chi connectivity index (χ3n) is 1.48. The highest BCUT2D eigenvalue weighted by Crippen LogP contribution is 2.06. The third kappa shape index (κ3) is 1.51. The Labute approximate surface area is 83.1 Å². The molecule has 0 fully saturated rings. The fourth-order valence-corrected chi connectivity index (χ4v) is 0.894. The van der Waals surface area contributed by atoms with Gasteiger partial charge < -0.3 is 5.73 Å². The van der Waals surface area contributed by atoms with E-state index in [0.29, 0.717) is 5.69 Å². The second kappa shape index (κ2) is 2.90. The molecule has 2 aromatic rings. The first kappa shape index (κ1) is 3.91. The van der Waals surface area contributed by atoms with Crippen molar-refractivity contribution in [3.05, 3.63) is 36.5 Å². The fraction of sp³-hybridized carbons (Fsp3) is 0.111. The first-order valence-corrected chi connectivity index (χ1v) is 3.59. The maximum atomic E-state index is 7.76. The van der Waals surface area contributed by atoms with Crippen LogP contribution in [0.1, 0.15) is 12.5 Å². The van der Waals surface area contributed by atoms with Crippen molar-refractivity contribution in [2.24, 2.45) is 0 Å². The Bertz CT molecular complexity index is 572. The van der Waals surface area contributed by atoms with Gasteiger partial charge in [-0.25, -0.2) is 9.97 Å². The fourth-order valence-electron chi connectivity index (χ4n) is 0.894. The van der Waals surface area contributed by atoms with Gasteiger partial charge >= 0.3 is 0 Å². The van der Waals surface area contributed by atoms with Gasteiger partial charge in [0.1, 0.15) is 13.5 Å². The van der Waals surface area contributed by atoms with E-state index < -0.39 is 12.5 Å². The van der Waals surface area contributed by atoms with E-state index in [1.165, 1.54) is 12.3 Å². The molecule has 0 aliphatic carbocycles. The molecule has 2 rings (SSSR count). The first-order chi connectivity index (χ1) is 8.30. The summed E-state index contributed by atoms with van der Waals surface area (Å²) >= 11 is 0. The second-order valence-corrected chi connectivity index (χ2v) is 2.46. The van der Waals surface area contributed by atoms with E-state index in [9.17, 15) is 0 Å². The molecule has 0 aliphatic rings. The van der Waals surface area contributed by atoms with Crippen LogP contribution in [0, 0.1) is 6.85 Å². The van der Waals surface area contributed by atoms with Crippen LogP contribution in [0.2, 0.25) is 0 Å². The molecule has 0 unspecified atom stereocenters.